The van der Waals surface area contributed by atoms with E-state index in [0.29, 0.717) is 24.2 Å². The Morgan fingerprint density at radius 3 is 2.70 bits per heavy atom. The summed E-state index contributed by atoms with van der Waals surface area (Å²) in [6.07, 6.45) is 5.12. The summed E-state index contributed by atoms with van der Waals surface area (Å²) in [5.41, 5.74) is 2.56. The van der Waals surface area contributed by atoms with E-state index < -0.39 is 0 Å². The van der Waals surface area contributed by atoms with Gasteiger partial charge in [0.1, 0.15) is 0 Å². The van der Waals surface area contributed by atoms with Crippen molar-refractivity contribution in [2.45, 2.75) is 63.5 Å². The second-order valence-corrected chi connectivity index (χ2v) is 6.66. The summed E-state index contributed by atoms with van der Waals surface area (Å²) < 4.78 is 0. The lowest BCUT2D eigenvalue weighted by Gasteiger charge is -2.45. The van der Waals surface area contributed by atoms with Crippen LogP contribution in [0.4, 0.5) is 0 Å². The molecule has 2 heterocycles. The van der Waals surface area contributed by atoms with E-state index in [-0.39, 0.29) is 5.54 Å². The van der Waals surface area contributed by atoms with Crippen LogP contribution in [0.25, 0.3) is 0 Å². The van der Waals surface area contributed by atoms with Crippen molar-refractivity contribution in [3.8, 4) is 0 Å². The molecule has 0 amide bonds. The number of nitrogens with zero attached hydrogens (tertiary/aromatic N) is 1. The van der Waals surface area contributed by atoms with Gasteiger partial charge in [-0.15, -0.1) is 0 Å². The third-order valence-electron chi connectivity index (χ3n) is 5.64. The van der Waals surface area contributed by atoms with Crippen LogP contribution in [0.15, 0.2) is 24.3 Å². The Balaban J connectivity index is 1.90. The molecule has 2 aliphatic rings. The van der Waals surface area contributed by atoms with Gasteiger partial charge in [-0.05, 0) is 51.1 Å². The van der Waals surface area contributed by atoms with Crippen LogP contribution in [0.5, 0.6) is 0 Å². The van der Waals surface area contributed by atoms with Crippen LogP contribution in [-0.4, -0.2) is 29.3 Å². The molecule has 3 rings (SSSR count). The van der Waals surface area contributed by atoms with Gasteiger partial charge in [0.2, 0.25) is 0 Å². The lowest BCUT2D eigenvalue weighted by Crippen LogP contribution is -2.54. The molecule has 3 atom stereocenters. The molecule has 1 aromatic carbocycles. The van der Waals surface area contributed by atoms with Crippen LogP contribution in [0.2, 0.25) is 0 Å². The van der Waals surface area contributed by atoms with Crippen molar-refractivity contribution < 1.29 is 4.79 Å². The number of likely N-dealkylation sites (N-methyl/N-ethyl adjacent to an activating group) is 1. The molecule has 0 unspecified atom stereocenters. The Bertz CT molecular complexity index is 507. The first-order chi connectivity index (χ1) is 9.56. The highest BCUT2D eigenvalue weighted by molar-refractivity contribution is 5.89. The number of carbonyl (C=O) groups is 1. The maximum absolute atomic E-state index is 12.5. The number of carbonyl (C=O) groups excluding carboxylic acids is 1. The van der Waals surface area contributed by atoms with Gasteiger partial charge < -0.3 is 0 Å². The van der Waals surface area contributed by atoms with E-state index in [9.17, 15) is 4.79 Å². The summed E-state index contributed by atoms with van der Waals surface area (Å²) in [4.78, 5) is 14.9. The average Bonchev–Trinajstić information content (AvgIpc) is 2.66. The molecule has 2 heteroatoms. The quantitative estimate of drug-likeness (QED) is 0.835. The molecule has 0 aromatic heterocycles. The van der Waals surface area contributed by atoms with Crippen molar-refractivity contribution in [1.82, 2.24) is 4.90 Å². The van der Waals surface area contributed by atoms with Crippen molar-refractivity contribution in [2.75, 3.05) is 7.05 Å². The second-order valence-electron chi connectivity index (χ2n) is 6.66. The average molecular weight is 271 g/mol. The smallest absolute Gasteiger partial charge is 0.152 e. The molecule has 0 spiro atoms. The maximum Gasteiger partial charge on any atom is 0.152 e. The van der Waals surface area contributed by atoms with Gasteiger partial charge in [0.15, 0.2) is 5.78 Å². The standard InChI is InChI=1S/C18H25NO/c1-4-17(20)18-10-9-16(19(18)3)11-15(12-18)14-7-5-13(2)6-8-14/h5-8,15-16H,4,9-12H2,1-3H3/t15-,16-,18+/m0/s1. The van der Waals surface area contributed by atoms with Gasteiger partial charge in [-0.3, -0.25) is 9.69 Å². The predicted molar refractivity (Wildman–Crippen MR) is 82.0 cm³/mol. The Morgan fingerprint density at radius 1 is 1.35 bits per heavy atom. The topological polar surface area (TPSA) is 20.3 Å². The van der Waals surface area contributed by atoms with Gasteiger partial charge in [-0.1, -0.05) is 36.8 Å². The molecule has 0 saturated carbocycles. The number of fused-ring (bicyclic) bond motifs is 2. The van der Waals surface area contributed by atoms with Gasteiger partial charge in [0.25, 0.3) is 0 Å². The van der Waals surface area contributed by atoms with Crippen LogP contribution in [0.3, 0.4) is 0 Å². The third-order valence-corrected chi connectivity index (χ3v) is 5.64. The zero-order valence-corrected chi connectivity index (χ0v) is 12.9. The molecule has 20 heavy (non-hydrogen) atoms. The number of hydrogen-bond acceptors (Lipinski definition) is 2. The maximum atomic E-state index is 12.5. The summed E-state index contributed by atoms with van der Waals surface area (Å²) in [6, 6.07) is 9.50. The van der Waals surface area contributed by atoms with Gasteiger partial charge in [0, 0.05) is 12.5 Å². The van der Waals surface area contributed by atoms with Crippen molar-refractivity contribution >= 4 is 5.78 Å². The van der Waals surface area contributed by atoms with Gasteiger partial charge in [-0.25, -0.2) is 0 Å². The Kier molecular flexibility index (Phi) is 3.45. The number of hydrogen-bond donors (Lipinski definition) is 0. The SMILES string of the molecule is CCC(=O)[C@@]12CC[C@@H](C[C@H](c3ccc(C)cc3)C1)N2C. The summed E-state index contributed by atoms with van der Waals surface area (Å²) >= 11 is 0. The van der Waals surface area contributed by atoms with Gasteiger partial charge in [-0.2, -0.15) is 0 Å². The van der Waals surface area contributed by atoms with Crippen LogP contribution in [-0.2, 0) is 4.79 Å². The molecule has 2 aliphatic heterocycles. The van der Waals surface area contributed by atoms with E-state index in [1.54, 1.807) is 0 Å². The summed E-state index contributed by atoms with van der Waals surface area (Å²) in [5, 5.41) is 0. The van der Waals surface area contributed by atoms with Crippen LogP contribution in [0, 0.1) is 6.92 Å². The van der Waals surface area contributed by atoms with Crippen LogP contribution < -0.4 is 0 Å². The molecular formula is C18H25NO. The van der Waals surface area contributed by atoms with E-state index in [1.165, 1.54) is 24.0 Å². The summed E-state index contributed by atoms with van der Waals surface area (Å²) in [5.74, 6) is 0.995. The number of benzene rings is 1. The first-order valence-corrected chi connectivity index (χ1v) is 7.89. The molecule has 2 fully saturated rings. The molecule has 0 aliphatic carbocycles. The van der Waals surface area contributed by atoms with Crippen molar-refractivity contribution in [3.63, 3.8) is 0 Å². The highest BCUT2D eigenvalue weighted by Gasteiger charge is 2.53. The normalized spacial score (nSPS) is 33.4. The molecule has 2 bridgehead atoms. The minimum Gasteiger partial charge on any atom is -0.298 e. The first kappa shape index (κ1) is 13.8. The van der Waals surface area contributed by atoms with Crippen LogP contribution in [0.1, 0.15) is 56.1 Å². The van der Waals surface area contributed by atoms with Gasteiger partial charge >= 0.3 is 0 Å². The Labute approximate surface area is 122 Å². The van der Waals surface area contributed by atoms with Crippen molar-refractivity contribution in [3.05, 3.63) is 35.4 Å². The fraction of sp³-hybridized carbons (Fsp3) is 0.611. The first-order valence-electron chi connectivity index (χ1n) is 7.89. The van der Waals surface area contributed by atoms with E-state index in [2.05, 4.69) is 43.1 Å². The molecular weight excluding hydrogens is 246 g/mol. The monoisotopic (exact) mass is 271 g/mol. The summed E-state index contributed by atoms with van der Waals surface area (Å²) in [6.45, 7) is 4.14. The predicted octanol–water partition coefficient (Wildman–Crippen LogP) is 3.68. The highest BCUT2D eigenvalue weighted by Crippen LogP contribution is 2.49. The fourth-order valence-electron chi connectivity index (χ4n) is 4.34. The third kappa shape index (κ3) is 2.01. The number of ketones is 1. The van der Waals surface area contributed by atoms with Crippen molar-refractivity contribution in [2.24, 2.45) is 0 Å². The molecule has 2 nitrogen and oxygen atoms in total. The lowest BCUT2D eigenvalue weighted by molar-refractivity contribution is -0.131. The molecule has 2 saturated heterocycles. The number of Topliss-reactive ketones (excluding diaryl/α,β-unsaturated/α-hetero) is 1. The number of rotatable bonds is 3. The zero-order chi connectivity index (χ0) is 14.3. The molecule has 108 valence electrons. The molecule has 1 aromatic rings. The van der Waals surface area contributed by atoms with Crippen molar-refractivity contribution in [1.29, 1.82) is 0 Å². The molecule has 0 radical (unpaired) electrons. The minimum atomic E-state index is -0.173. The molecule has 0 N–H and O–H groups in total. The number of aryl methyl sites for hydroxylation is 1. The zero-order valence-electron chi connectivity index (χ0n) is 12.9. The van der Waals surface area contributed by atoms with E-state index in [0.717, 1.165) is 12.8 Å². The van der Waals surface area contributed by atoms with E-state index in [1.807, 2.05) is 6.92 Å². The largest absolute Gasteiger partial charge is 0.298 e. The minimum absolute atomic E-state index is 0.173. The lowest BCUT2D eigenvalue weighted by atomic mass is 9.75. The van der Waals surface area contributed by atoms with E-state index in [4.69, 9.17) is 0 Å². The number of piperidine rings is 1. The van der Waals surface area contributed by atoms with Gasteiger partial charge in [0.05, 0.1) is 5.54 Å². The summed E-state index contributed by atoms with van der Waals surface area (Å²) in [7, 11) is 2.16. The second kappa shape index (κ2) is 5.00. The highest BCUT2D eigenvalue weighted by atomic mass is 16.1. The Hall–Kier alpha value is -1.15. The van der Waals surface area contributed by atoms with E-state index >= 15 is 0 Å². The Morgan fingerprint density at radius 2 is 2.05 bits per heavy atom. The van der Waals surface area contributed by atoms with Crippen LogP contribution >= 0.6 is 0 Å². The fourth-order valence-corrected chi connectivity index (χ4v) is 4.34.